The van der Waals surface area contributed by atoms with Gasteiger partial charge in [0.15, 0.2) is 0 Å². The second-order valence-corrected chi connectivity index (χ2v) is 3.97. The highest BCUT2D eigenvalue weighted by atomic mass is 32.1. The van der Waals surface area contributed by atoms with E-state index in [1.807, 2.05) is 0 Å². The molecular formula is C12H9F2N3S. The van der Waals surface area contributed by atoms with Crippen LogP contribution in [-0.2, 0) is 0 Å². The van der Waals surface area contributed by atoms with Gasteiger partial charge in [0, 0.05) is 17.8 Å². The largest absolute Gasteiger partial charge is 0.389 e. The first-order valence-electron chi connectivity index (χ1n) is 5.04. The molecule has 92 valence electrons. The molecule has 0 radical (unpaired) electrons. The Morgan fingerprint density at radius 3 is 2.72 bits per heavy atom. The van der Waals surface area contributed by atoms with Crippen LogP contribution in [0.5, 0.6) is 0 Å². The van der Waals surface area contributed by atoms with Crippen LogP contribution in [0.3, 0.4) is 0 Å². The van der Waals surface area contributed by atoms with Crippen LogP contribution in [0, 0.1) is 11.6 Å². The number of halogens is 2. The van der Waals surface area contributed by atoms with E-state index in [4.69, 9.17) is 18.0 Å². The molecule has 1 heterocycles. The van der Waals surface area contributed by atoms with Crippen molar-refractivity contribution in [2.45, 2.75) is 0 Å². The Morgan fingerprint density at radius 1 is 1.22 bits per heavy atom. The van der Waals surface area contributed by atoms with Crippen LogP contribution in [0.4, 0.5) is 20.2 Å². The molecule has 6 heteroatoms. The lowest BCUT2D eigenvalue weighted by molar-refractivity contribution is 0.603. The number of benzene rings is 1. The third-order valence-corrected chi connectivity index (χ3v) is 2.50. The van der Waals surface area contributed by atoms with E-state index in [-0.39, 0.29) is 10.7 Å². The van der Waals surface area contributed by atoms with Gasteiger partial charge in [0.25, 0.3) is 0 Å². The van der Waals surface area contributed by atoms with E-state index >= 15 is 0 Å². The number of pyridine rings is 1. The second-order valence-electron chi connectivity index (χ2n) is 3.53. The van der Waals surface area contributed by atoms with E-state index in [0.29, 0.717) is 11.3 Å². The smallest absolute Gasteiger partial charge is 0.146 e. The van der Waals surface area contributed by atoms with E-state index in [2.05, 4.69) is 10.3 Å². The lowest BCUT2D eigenvalue weighted by Crippen LogP contribution is -2.12. The van der Waals surface area contributed by atoms with Gasteiger partial charge in [-0.25, -0.2) is 8.78 Å². The number of thiocarbonyl (C=S) groups is 1. The minimum absolute atomic E-state index is 0.000463. The number of rotatable bonds is 3. The first kappa shape index (κ1) is 12.4. The van der Waals surface area contributed by atoms with Gasteiger partial charge in [-0.3, -0.25) is 4.98 Å². The maximum atomic E-state index is 13.5. The zero-order chi connectivity index (χ0) is 13.1. The third kappa shape index (κ3) is 2.60. The SMILES string of the molecule is NC(=S)c1ccncc1Nc1cc(F)ccc1F. The van der Waals surface area contributed by atoms with Crippen LogP contribution >= 0.6 is 12.2 Å². The fraction of sp³-hybridized carbons (Fsp3) is 0. The van der Waals surface area contributed by atoms with Gasteiger partial charge in [-0.1, -0.05) is 12.2 Å². The molecule has 0 bridgehead atoms. The Kier molecular flexibility index (Phi) is 3.47. The van der Waals surface area contributed by atoms with Crippen molar-refractivity contribution in [3.8, 4) is 0 Å². The number of aromatic nitrogens is 1. The molecule has 0 aliphatic heterocycles. The van der Waals surface area contributed by atoms with E-state index in [9.17, 15) is 8.78 Å². The van der Waals surface area contributed by atoms with Gasteiger partial charge in [-0.05, 0) is 18.2 Å². The Hall–Kier alpha value is -2.08. The lowest BCUT2D eigenvalue weighted by atomic mass is 10.2. The van der Waals surface area contributed by atoms with Crippen LogP contribution < -0.4 is 11.1 Å². The number of anilines is 2. The van der Waals surface area contributed by atoms with Crippen LogP contribution in [0.1, 0.15) is 5.56 Å². The van der Waals surface area contributed by atoms with Crippen LogP contribution in [-0.4, -0.2) is 9.97 Å². The first-order chi connectivity index (χ1) is 8.58. The summed E-state index contributed by atoms with van der Waals surface area (Å²) in [6.07, 6.45) is 2.96. The highest BCUT2D eigenvalue weighted by Crippen LogP contribution is 2.23. The van der Waals surface area contributed by atoms with Crippen LogP contribution in [0.15, 0.2) is 36.7 Å². The number of hydrogen-bond acceptors (Lipinski definition) is 3. The molecule has 1 aromatic heterocycles. The van der Waals surface area contributed by atoms with Gasteiger partial charge in [0.2, 0.25) is 0 Å². The van der Waals surface area contributed by atoms with Gasteiger partial charge in [-0.15, -0.1) is 0 Å². The summed E-state index contributed by atoms with van der Waals surface area (Å²) in [6, 6.07) is 4.72. The van der Waals surface area contributed by atoms with Gasteiger partial charge in [0.05, 0.1) is 17.6 Å². The predicted octanol–water partition coefficient (Wildman–Crippen LogP) is 2.74. The first-order valence-corrected chi connectivity index (χ1v) is 5.44. The van der Waals surface area contributed by atoms with Crippen LogP contribution in [0.2, 0.25) is 0 Å². The molecule has 0 aliphatic carbocycles. The highest BCUT2D eigenvalue weighted by Gasteiger charge is 2.08. The van der Waals surface area contributed by atoms with Crippen molar-refractivity contribution in [3.63, 3.8) is 0 Å². The second kappa shape index (κ2) is 5.05. The Labute approximate surface area is 108 Å². The topological polar surface area (TPSA) is 50.9 Å². The van der Waals surface area contributed by atoms with E-state index < -0.39 is 11.6 Å². The molecule has 0 atom stereocenters. The lowest BCUT2D eigenvalue weighted by Gasteiger charge is -2.11. The molecular weight excluding hydrogens is 256 g/mol. The van der Waals surface area contributed by atoms with E-state index in [1.54, 1.807) is 6.07 Å². The van der Waals surface area contributed by atoms with E-state index in [0.717, 1.165) is 18.2 Å². The Balaban J connectivity index is 2.40. The molecule has 3 N–H and O–H groups in total. The quantitative estimate of drug-likeness (QED) is 0.838. The van der Waals surface area contributed by atoms with Crippen molar-refractivity contribution < 1.29 is 8.78 Å². The number of hydrogen-bond donors (Lipinski definition) is 2. The van der Waals surface area contributed by atoms with Crippen molar-refractivity contribution in [2.24, 2.45) is 5.73 Å². The van der Waals surface area contributed by atoms with Crippen molar-refractivity contribution >= 4 is 28.6 Å². The summed E-state index contributed by atoms with van der Waals surface area (Å²) in [5, 5.41) is 2.72. The molecule has 3 nitrogen and oxygen atoms in total. The average molecular weight is 265 g/mol. The van der Waals surface area contributed by atoms with Gasteiger partial charge in [-0.2, -0.15) is 0 Å². The molecule has 18 heavy (non-hydrogen) atoms. The Bertz CT molecular complexity index is 602. The summed E-state index contributed by atoms with van der Waals surface area (Å²) in [5.74, 6) is -1.12. The standard InChI is InChI=1S/C12H9F2N3S/c13-7-1-2-9(14)10(5-7)17-11-6-16-4-3-8(11)12(15)18/h1-6,17H,(H2,15,18). The number of nitrogens with two attached hydrogens (primary N) is 1. The molecule has 0 saturated heterocycles. The van der Waals surface area contributed by atoms with Crippen molar-refractivity contribution in [3.05, 3.63) is 53.9 Å². The summed E-state index contributed by atoms with van der Waals surface area (Å²) in [5.41, 5.74) is 6.48. The monoisotopic (exact) mass is 265 g/mol. The molecule has 1 aromatic carbocycles. The summed E-state index contributed by atoms with van der Waals surface area (Å²) in [7, 11) is 0. The molecule has 0 fully saturated rings. The third-order valence-electron chi connectivity index (χ3n) is 2.28. The molecule has 2 rings (SSSR count). The normalized spacial score (nSPS) is 10.1. The summed E-state index contributed by atoms with van der Waals surface area (Å²) in [6.45, 7) is 0. The summed E-state index contributed by atoms with van der Waals surface area (Å²) < 4.78 is 26.5. The number of nitrogens with one attached hydrogen (secondary N) is 1. The van der Waals surface area contributed by atoms with E-state index in [1.165, 1.54) is 12.4 Å². The van der Waals surface area contributed by atoms with Gasteiger partial charge in [0.1, 0.15) is 16.6 Å². The molecule has 0 amide bonds. The van der Waals surface area contributed by atoms with Crippen LogP contribution in [0.25, 0.3) is 0 Å². The summed E-state index contributed by atoms with van der Waals surface area (Å²) in [4.78, 5) is 4.03. The molecule has 0 aliphatic rings. The fourth-order valence-electron chi connectivity index (χ4n) is 1.45. The fourth-order valence-corrected chi connectivity index (χ4v) is 1.63. The van der Waals surface area contributed by atoms with Gasteiger partial charge >= 0.3 is 0 Å². The molecule has 2 aromatic rings. The van der Waals surface area contributed by atoms with Crippen molar-refractivity contribution in [1.29, 1.82) is 0 Å². The highest BCUT2D eigenvalue weighted by molar-refractivity contribution is 7.80. The zero-order valence-electron chi connectivity index (χ0n) is 9.15. The number of nitrogens with zero attached hydrogens (tertiary/aromatic N) is 1. The molecule has 0 unspecified atom stereocenters. The Morgan fingerprint density at radius 2 is 2.00 bits per heavy atom. The zero-order valence-corrected chi connectivity index (χ0v) is 9.97. The maximum absolute atomic E-state index is 13.5. The minimum atomic E-state index is -0.575. The molecule has 0 spiro atoms. The van der Waals surface area contributed by atoms with Crippen molar-refractivity contribution in [2.75, 3.05) is 5.32 Å². The summed E-state index contributed by atoms with van der Waals surface area (Å²) >= 11 is 4.87. The predicted molar refractivity (Wildman–Crippen MR) is 69.8 cm³/mol. The van der Waals surface area contributed by atoms with Crippen molar-refractivity contribution in [1.82, 2.24) is 4.98 Å². The average Bonchev–Trinajstić information content (AvgIpc) is 2.34. The minimum Gasteiger partial charge on any atom is -0.389 e. The maximum Gasteiger partial charge on any atom is 0.146 e. The van der Waals surface area contributed by atoms with Gasteiger partial charge < -0.3 is 11.1 Å². The molecule has 0 saturated carbocycles.